The van der Waals surface area contributed by atoms with Crippen molar-refractivity contribution in [1.29, 1.82) is 0 Å². The van der Waals surface area contributed by atoms with Crippen LogP contribution in [-0.2, 0) is 6.42 Å². The summed E-state index contributed by atoms with van der Waals surface area (Å²) < 4.78 is 0. The van der Waals surface area contributed by atoms with E-state index in [1.807, 2.05) is 25.1 Å². The molecule has 18 heavy (non-hydrogen) atoms. The number of hydrogen-bond donors (Lipinski definition) is 0. The Morgan fingerprint density at radius 3 is 2.83 bits per heavy atom. The van der Waals surface area contributed by atoms with E-state index in [-0.39, 0.29) is 5.78 Å². The molecule has 90 valence electrons. The molecule has 1 unspecified atom stereocenters. The van der Waals surface area contributed by atoms with Gasteiger partial charge in [-0.1, -0.05) is 30.3 Å². The SMILES string of the molecule is Cc1cccc(C(=O)CC2Cc3ccccc32)n1. The molecule has 0 N–H and O–H groups in total. The lowest BCUT2D eigenvalue weighted by Gasteiger charge is -2.29. The normalized spacial score (nSPS) is 16.8. The van der Waals surface area contributed by atoms with Crippen molar-refractivity contribution in [3.63, 3.8) is 0 Å². The Balaban J connectivity index is 1.74. The molecule has 0 saturated heterocycles. The van der Waals surface area contributed by atoms with Crippen LogP contribution < -0.4 is 0 Å². The third-order valence-corrected chi connectivity index (χ3v) is 3.57. The summed E-state index contributed by atoms with van der Waals surface area (Å²) in [4.78, 5) is 16.4. The fourth-order valence-electron chi connectivity index (χ4n) is 2.57. The molecule has 0 amide bonds. The molecular weight excluding hydrogens is 222 g/mol. The van der Waals surface area contributed by atoms with Gasteiger partial charge in [0.1, 0.15) is 5.69 Å². The molecule has 0 saturated carbocycles. The van der Waals surface area contributed by atoms with Crippen LogP contribution in [0.1, 0.15) is 39.6 Å². The highest BCUT2D eigenvalue weighted by atomic mass is 16.1. The van der Waals surface area contributed by atoms with Crippen LogP contribution in [0.4, 0.5) is 0 Å². The highest BCUT2D eigenvalue weighted by molar-refractivity contribution is 5.95. The number of pyridine rings is 1. The number of ketones is 1. The highest BCUT2D eigenvalue weighted by Crippen LogP contribution is 2.37. The molecule has 2 aromatic rings. The fraction of sp³-hybridized carbons (Fsp3) is 0.250. The molecule has 1 aromatic carbocycles. The number of carbonyl (C=O) groups is 1. The molecule has 1 aliphatic carbocycles. The van der Waals surface area contributed by atoms with Crippen LogP contribution in [0.25, 0.3) is 0 Å². The minimum atomic E-state index is 0.151. The summed E-state index contributed by atoms with van der Waals surface area (Å²) in [5.41, 5.74) is 4.21. The smallest absolute Gasteiger partial charge is 0.181 e. The molecule has 1 aliphatic rings. The lowest BCUT2D eigenvalue weighted by molar-refractivity contribution is 0.0965. The summed E-state index contributed by atoms with van der Waals surface area (Å²) in [6.07, 6.45) is 1.60. The van der Waals surface area contributed by atoms with Gasteiger partial charge in [0.25, 0.3) is 0 Å². The molecule has 1 heterocycles. The third-order valence-electron chi connectivity index (χ3n) is 3.57. The Bertz CT molecular complexity index is 604. The first-order chi connectivity index (χ1) is 8.74. The Labute approximate surface area is 107 Å². The van der Waals surface area contributed by atoms with Crippen LogP contribution in [0.15, 0.2) is 42.5 Å². The second-order valence-corrected chi connectivity index (χ2v) is 4.89. The molecule has 0 radical (unpaired) electrons. The van der Waals surface area contributed by atoms with Gasteiger partial charge in [0.2, 0.25) is 0 Å². The third kappa shape index (κ3) is 1.94. The predicted molar refractivity (Wildman–Crippen MR) is 70.8 cm³/mol. The van der Waals surface area contributed by atoms with E-state index in [4.69, 9.17) is 0 Å². The van der Waals surface area contributed by atoms with E-state index >= 15 is 0 Å². The van der Waals surface area contributed by atoms with Crippen molar-refractivity contribution in [2.75, 3.05) is 0 Å². The van der Waals surface area contributed by atoms with Gasteiger partial charge in [0.15, 0.2) is 5.78 Å². The predicted octanol–water partition coefficient (Wildman–Crippen LogP) is 3.30. The van der Waals surface area contributed by atoms with Crippen LogP contribution in [0.3, 0.4) is 0 Å². The first-order valence-corrected chi connectivity index (χ1v) is 6.28. The van der Waals surface area contributed by atoms with E-state index < -0.39 is 0 Å². The molecular formula is C16H15NO. The number of hydrogen-bond acceptors (Lipinski definition) is 2. The van der Waals surface area contributed by atoms with E-state index in [9.17, 15) is 4.79 Å². The summed E-state index contributed by atoms with van der Waals surface area (Å²) in [6.45, 7) is 1.91. The first kappa shape index (κ1) is 11.1. The maximum absolute atomic E-state index is 12.1. The van der Waals surface area contributed by atoms with Gasteiger partial charge in [-0.3, -0.25) is 9.78 Å². The number of aromatic nitrogens is 1. The Morgan fingerprint density at radius 1 is 1.22 bits per heavy atom. The summed E-state index contributed by atoms with van der Waals surface area (Å²) in [7, 11) is 0. The number of fused-ring (bicyclic) bond motifs is 1. The van der Waals surface area contributed by atoms with Crippen molar-refractivity contribution in [3.05, 3.63) is 65.0 Å². The highest BCUT2D eigenvalue weighted by Gasteiger charge is 2.27. The molecule has 1 aromatic heterocycles. The summed E-state index contributed by atoms with van der Waals surface area (Å²) >= 11 is 0. The van der Waals surface area contributed by atoms with Crippen LogP contribution in [0.5, 0.6) is 0 Å². The van der Waals surface area contributed by atoms with Gasteiger partial charge in [-0.15, -0.1) is 0 Å². The van der Waals surface area contributed by atoms with Crippen LogP contribution in [0, 0.1) is 6.92 Å². The van der Waals surface area contributed by atoms with Gasteiger partial charge in [-0.2, -0.15) is 0 Å². The van der Waals surface area contributed by atoms with Crippen molar-refractivity contribution >= 4 is 5.78 Å². The molecule has 0 spiro atoms. The van der Waals surface area contributed by atoms with Gasteiger partial charge >= 0.3 is 0 Å². The lowest BCUT2D eigenvalue weighted by Crippen LogP contribution is -2.20. The number of nitrogens with zero attached hydrogens (tertiary/aromatic N) is 1. The Morgan fingerprint density at radius 2 is 2.06 bits per heavy atom. The zero-order valence-corrected chi connectivity index (χ0v) is 10.4. The molecule has 0 fully saturated rings. The topological polar surface area (TPSA) is 30.0 Å². The van der Waals surface area contributed by atoms with Crippen molar-refractivity contribution in [1.82, 2.24) is 4.98 Å². The molecule has 1 atom stereocenters. The fourth-order valence-corrected chi connectivity index (χ4v) is 2.57. The van der Waals surface area contributed by atoms with Gasteiger partial charge in [0.05, 0.1) is 0 Å². The van der Waals surface area contributed by atoms with E-state index in [0.717, 1.165) is 12.1 Å². The minimum Gasteiger partial charge on any atom is -0.292 e. The van der Waals surface area contributed by atoms with Crippen molar-refractivity contribution in [2.24, 2.45) is 0 Å². The number of Topliss-reactive ketones (excluding diaryl/α,β-unsaturated/α-hetero) is 1. The Hall–Kier alpha value is -1.96. The average molecular weight is 237 g/mol. The van der Waals surface area contributed by atoms with Crippen LogP contribution in [-0.4, -0.2) is 10.8 Å². The lowest BCUT2D eigenvalue weighted by atomic mass is 9.75. The second-order valence-electron chi connectivity index (χ2n) is 4.89. The number of aryl methyl sites for hydroxylation is 1. The summed E-state index contributed by atoms with van der Waals surface area (Å²) in [5, 5.41) is 0. The van der Waals surface area contributed by atoms with Gasteiger partial charge in [-0.25, -0.2) is 0 Å². The number of rotatable bonds is 3. The maximum atomic E-state index is 12.1. The molecule has 2 heteroatoms. The Kier molecular flexibility index (Phi) is 2.71. The zero-order chi connectivity index (χ0) is 12.5. The van der Waals surface area contributed by atoms with E-state index in [2.05, 4.69) is 23.2 Å². The van der Waals surface area contributed by atoms with Crippen molar-refractivity contribution < 1.29 is 4.79 Å². The van der Waals surface area contributed by atoms with Gasteiger partial charge < -0.3 is 0 Å². The quantitative estimate of drug-likeness (QED) is 0.767. The van der Waals surface area contributed by atoms with E-state index in [0.29, 0.717) is 18.0 Å². The second kappa shape index (κ2) is 4.37. The summed E-state index contributed by atoms with van der Waals surface area (Å²) in [6, 6.07) is 14.0. The standard InChI is InChI=1S/C16H15NO/c1-11-5-4-8-15(17-11)16(18)10-13-9-12-6-2-3-7-14(12)13/h2-8,13H,9-10H2,1H3. The van der Waals surface area contributed by atoms with Crippen LogP contribution in [0.2, 0.25) is 0 Å². The average Bonchev–Trinajstić information content (AvgIpc) is 2.36. The van der Waals surface area contributed by atoms with Crippen molar-refractivity contribution in [3.8, 4) is 0 Å². The molecule has 2 nitrogen and oxygen atoms in total. The number of carbonyl (C=O) groups excluding carboxylic acids is 1. The van der Waals surface area contributed by atoms with Gasteiger partial charge in [0, 0.05) is 12.1 Å². The maximum Gasteiger partial charge on any atom is 0.181 e. The first-order valence-electron chi connectivity index (χ1n) is 6.28. The minimum absolute atomic E-state index is 0.151. The van der Waals surface area contributed by atoms with Crippen LogP contribution >= 0.6 is 0 Å². The van der Waals surface area contributed by atoms with E-state index in [1.54, 1.807) is 6.07 Å². The van der Waals surface area contributed by atoms with E-state index in [1.165, 1.54) is 11.1 Å². The van der Waals surface area contributed by atoms with Gasteiger partial charge in [-0.05, 0) is 42.5 Å². The molecule has 0 bridgehead atoms. The zero-order valence-electron chi connectivity index (χ0n) is 10.4. The molecule has 3 rings (SSSR count). The van der Waals surface area contributed by atoms with Crippen molar-refractivity contribution in [2.45, 2.75) is 25.7 Å². The summed E-state index contributed by atoms with van der Waals surface area (Å²) in [5.74, 6) is 0.536. The number of benzene rings is 1. The monoisotopic (exact) mass is 237 g/mol. The largest absolute Gasteiger partial charge is 0.292 e. The molecule has 0 aliphatic heterocycles.